The fraction of sp³-hybridized carbons (Fsp3) is 0. The summed E-state index contributed by atoms with van der Waals surface area (Å²) in [7, 11) is -4.23. The number of sulfonamides is 1. The van der Waals surface area contributed by atoms with Crippen molar-refractivity contribution in [2.75, 3.05) is 4.72 Å². The van der Waals surface area contributed by atoms with Gasteiger partial charge < -0.3 is 0 Å². The molecule has 1 heterocycles. The number of hydrogen-bond donors (Lipinski definition) is 1. The van der Waals surface area contributed by atoms with Crippen LogP contribution in [0.5, 0.6) is 0 Å². The van der Waals surface area contributed by atoms with E-state index in [0.29, 0.717) is 6.07 Å². The predicted molar refractivity (Wildman–Crippen MR) is 73.1 cm³/mol. The molecule has 21 heavy (non-hydrogen) atoms. The van der Waals surface area contributed by atoms with Crippen molar-refractivity contribution >= 4 is 33.0 Å². The van der Waals surface area contributed by atoms with Crippen LogP contribution in [0.4, 0.5) is 15.8 Å². The van der Waals surface area contributed by atoms with Crippen LogP contribution in [0.1, 0.15) is 0 Å². The van der Waals surface area contributed by atoms with Crippen LogP contribution < -0.4 is 4.72 Å². The maximum absolute atomic E-state index is 13.2. The summed E-state index contributed by atoms with van der Waals surface area (Å²) in [5.41, 5.74) is -1.08. The molecule has 0 aliphatic rings. The molecule has 1 aromatic carbocycles. The van der Waals surface area contributed by atoms with Crippen LogP contribution in [0.2, 0.25) is 5.15 Å². The first-order valence-corrected chi connectivity index (χ1v) is 7.24. The van der Waals surface area contributed by atoms with Gasteiger partial charge in [-0.2, -0.15) is 0 Å². The van der Waals surface area contributed by atoms with E-state index in [9.17, 15) is 22.9 Å². The number of benzene rings is 1. The van der Waals surface area contributed by atoms with Gasteiger partial charge in [-0.15, -0.1) is 0 Å². The van der Waals surface area contributed by atoms with E-state index in [-0.39, 0.29) is 10.0 Å². The van der Waals surface area contributed by atoms with Crippen LogP contribution >= 0.6 is 11.6 Å². The highest BCUT2D eigenvalue weighted by Gasteiger charge is 2.23. The average molecular weight is 332 g/mol. The van der Waals surface area contributed by atoms with Crippen molar-refractivity contribution in [3.05, 3.63) is 57.6 Å². The molecule has 0 spiro atoms. The maximum Gasteiger partial charge on any atom is 0.293 e. The molecule has 0 saturated heterocycles. The molecule has 0 saturated carbocycles. The van der Waals surface area contributed by atoms with Gasteiger partial charge in [-0.1, -0.05) is 11.6 Å². The first kappa shape index (κ1) is 15.1. The molecular formula is C11H7ClFN3O4S. The number of nitro groups is 1. The predicted octanol–water partition coefficient (Wildman–Crippen LogP) is 2.58. The minimum absolute atomic E-state index is 0.302. The van der Waals surface area contributed by atoms with Crippen molar-refractivity contribution in [1.29, 1.82) is 0 Å². The van der Waals surface area contributed by atoms with Crippen LogP contribution in [0.3, 0.4) is 0 Å². The summed E-state index contributed by atoms with van der Waals surface area (Å²) < 4.78 is 39.4. The average Bonchev–Trinajstić information content (AvgIpc) is 2.38. The van der Waals surface area contributed by atoms with Crippen molar-refractivity contribution in [2.24, 2.45) is 0 Å². The maximum atomic E-state index is 13.2. The fourth-order valence-corrected chi connectivity index (χ4v) is 3.04. The van der Waals surface area contributed by atoms with Crippen LogP contribution in [0.25, 0.3) is 0 Å². The third kappa shape index (κ3) is 3.26. The smallest absolute Gasteiger partial charge is 0.273 e. The van der Waals surface area contributed by atoms with Crippen molar-refractivity contribution in [3.63, 3.8) is 0 Å². The van der Waals surface area contributed by atoms with Gasteiger partial charge in [-0.3, -0.25) is 14.8 Å². The van der Waals surface area contributed by atoms with E-state index >= 15 is 0 Å². The Balaban J connectivity index is 2.49. The summed E-state index contributed by atoms with van der Waals surface area (Å²) in [6.07, 6.45) is 1.28. The second-order valence-corrected chi connectivity index (χ2v) is 5.83. The normalized spacial score (nSPS) is 11.1. The van der Waals surface area contributed by atoms with Crippen molar-refractivity contribution in [1.82, 2.24) is 4.98 Å². The number of nitrogens with one attached hydrogen (secondary N) is 1. The van der Waals surface area contributed by atoms with Gasteiger partial charge >= 0.3 is 0 Å². The van der Waals surface area contributed by atoms with Gasteiger partial charge in [0.25, 0.3) is 15.7 Å². The number of halogens is 2. The fourth-order valence-electron chi connectivity index (χ4n) is 1.52. The van der Waals surface area contributed by atoms with Gasteiger partial charge in [0.05, 0.1) is 4.92 Å². The molecule has 10 heteroatoms. The van der Waals surface area contributed by atoms with Gasteiger partial charge in [-0.05, 0) is 18.2 Å². The third-order valence-corrected chi connectivity index (χ3v) is 4.22. The van der Waals surface area contributed by atoms with E-state index in [1.807, 2.05) is 4.72 Å². The van der Waals surface area contributed by atoms with E-state index in [1.54, 1.807) is 0 Å². The molecule has 7 nitrogen and oxygen atoms in total. The third-order valence-electron chi connectivity index (χ3n) is 2.41. The second-order valence-electron chi connectivity index (χ2n) is 3.82. The van der Waals surface area contributed by atoms with E-state index in [1.165, 1.54) is 18.3 Å². The van der Waals surface area contributed by atoms with Crippen molar-refractivity contribution < 1.29 is 17.7 Å². The Morgan fingerprint density at radius 1 is 1.33 bits per heavy atom. The van der Waals surface area contributed by atoms with Crippen molar-refractivity contribution in [2.45, 2.75) is 4.90 Å². The minimum atomic E-state index is -4.23. The molecule has 1 N–H and O–H groups in total. The number of rotatable bonds is 4. The molecular weight excluding hydrogens is 325 g/mol. The first-order valence-electron chi connectivity index (χ1n) is 5.38. The summed E-state index contributed by atoms with van der Waals surface area (Å²) in [6, 6.07) is 4.92. The molecule has 0 atom stereocenters. The zero-order valence-electron chi connectivity index (χ0n) is 10.2. The van der Waals surface area contributed by atoms with Gasteiger partial charge in [-0.25, -0.2) is 17.8 Å². The van der Waals surface area contributed by atoms with E-state index < -0.39 is 32.1 Å². The van der Waals surface area contributed by atoms with Crippen molar-refractivity contribution in [3.8, 4) is 0 Å². The number of anilines is 1. The van der Waals surface area contributed by atoms with Gasteiger partial charge in [0.15, 0.2) is 0 Å². The van der Waals surface area contributed by atoms with Crippen LogP contribution in [0.15, 0.2) is 41.4 Å². The molecule has 0 radical (unpaired) electrons. The minimum Gasteiger partial charge on any atom is -0.273 e. The number of aromatic nitrogens is 1. The summed E-state index contributed by atoms with van der Waals surface area (Å²) in [5, 5.41) is 10.5. The molecule has 2 aromatic rings. The van der Waals surface area contributed by atoms with E-state index in [4.69, 9.17) is 11.6 Å². The lowest BCUT2D eigenvalue weighted by molar-refractivity contribution is -0.383. The Bertz CT molecular complexity index is 813. The number of nitrogens with zero attached hydrogens (tertiary/aromatic N) is 2. The lowest BCUT2D eigenvalue weighted by atomic mass is 10.3. The molecule has 0 bridgehead atoms. The zero-order valence-corrected chi connectivity index (χ0v) is 11.7. The number of hydrogen-bond acceptors (Lipinski definition) is 5. The number of pyridine rings is 1. The zero-order chi connectivity index (χ0) is 15.6. The van der Waals surface area contributed by atoms with E-state index in [2.05, 4.69) is 4.98 Å². The van der Waals surface area contributed by atoms with Gasteiger partial charge in [0.1, 0.15) is 21.6 Å². The Kier molecular flexibility index (Phi) is 4.05. The Labute approximate surface area is 123 Å². The Morgan fingerprint density at radius 2 is 2.05 bits per heavy atom. The summed E-state index contributed by atoms with van der Waals surface area (Å²) in [5.74, 6) is -0.824. The molecule has 1 aromatic heterocycles. The molecule has 0 fully saturated rings. The summed E-state index contributed by atoms with van der Waals surface area (Å²) in [6.45, 7) is 0. The molecule has 0 aliphatic heterocycles. The molecule has 0 amide bonds. The Hall–Kier alpha value is -2.26. The molecule has 0 unspecified atom stereocenters. The molecule has 0 aliphatic carbocycles. The monoisotopic (exact) mass is 331 g/mol. The quantitative estimate of drug-likeness (QED) is 0.527. The SMILES string of the molecule is O=[N+]([O-])c1ccc(F)cc1NS(=O)(=O)c1cccnc1Cl. The highest BCUT2D eigenvalue weighted by atomic mass is 35.5. The molecule has 110 valence electrons. The first-order chi connectivity index (χ1) is 9.81. The topological polar surface area (TPSA) is 102 Å². The summed E-state index contributed by atoms with van der Waals surface area (Å²) in [4.78, 5) is 13.2. The highest BCUT2D eigenvalue weighted by Crippen LogP contribution is 2.28. The second kappa shape index (κ2) is 5.62. The van der Waals surface area contributed by atoms with Gasteiger partial charge in [0.2, 0.25) is 0 Å². The van der Waals surface area contributed by atoms with Crippen LogP contribution in [-0.2, 0) is 10.0 Å². The van der Waals surface area contributed by atoms with Crippen LogP contribution in [0, 0.1) is 15.9 Å². The van der Waals surface area contributed by atoms with Crippen LogP contribution in [-0.4, -0.2) is 18.3 Å². The summed E-state index contributed by atoms with van der Waals surface area (Å²) >= 11 is 5.67. The largest absolute Gasteiger partial charge is 0.293 e. The molecule has 2 rings (SSSR count). The van der Waals surface area contributed by atoms with Gasteiger partial charge in [0, 0.05) is 18.3 Å². The highest BCUT2D eigenvalue weighted by molar-refractivity contribution is 7.92. The standard InChI is InChI=1S/C11H7ClFN3O4S/c12-11-10(2-1-5-14-11)21(19,20)15-8-6-7(13)3-4-9(8)16(17)18/h1-6,15H. The lowest BCUT2D eigenvalue weighted by Gasteiger charge is -2.09. The lowest BCUT2D eigenvalue weighted by Crippen LogP contribution is -2.15. The number of nitro benzene ring substituents is 1. The Morgan fingerprint density at radius 3 is 2.67 bits per heavy atom. The van der Waals surface area contributed by atoms with E-state index in [0.717, 1.165) is 12.1 Å².